The fraction of sp³-hybridized carbons (Fsp3) is 0.786. The maximum Gasteiger partial charge on any atom is 0.0834 e. The number of hydrazine groups is 1. The van der Waals surface area contributed by atoms with Gasteiger partial charge in [-0.15, -0.1) is 0 Å². The Morgan fingerprint density at radius 1 is 1.47 bits per heavy atom. The highest BCUT2D eigenvalue weighted by Gasteiger charge is 2.67. The molecule has 3 N–H and O–H groups in total. The molecule has 3 fully saturated rings. The van der Waals surface area contributed by atoms with Crippen LogP contribution in [0.3, 0.4) is 0 Å². The lowest BCUT2D eigenvalue weighted by Gasteiger charge is -2.21. The van der Waals surface area contributed by atoms with E-state index in [1.807, 2.05) is 4.68 Å². The first-order chi connectivity index (χ1) is 9.26. The normalized spacial score (nSPS) is 40.5. The highest BCUT2D eigenvalue weighted by Crippen LogP contribution is 2.72. The van der Waals surface area contributed by atoms with Crippen molar-refractivity contribution in [2.75, 3.05) is 0 Å². The monoisotopic (exact) mass is 280 g/mol. The lowest BCUT2D eigenvalue weighted by Crippen LogP contribution is -2.33. The molecule has 4 rings (SSSR count). The van der Waals surface area contributed by atoms with E-state index in [1.54, 1.807) is 6.20 Å². The molecule has 5 atom stereocenters. The summed E-state index contributed by atoms with van der Waals surface area (Å²) < 4.78 is 1.99. The number of aryl methyl sites for hydroxylation is 1. The van der Waals surface area contributed by atoms with Gasteiger partial charge in [0.15, 0.2) is 0 Å². The molecule has 5 unspecified atom stereocenters. The van der Waals surface area contributed by atoms with E-state index >= 15 is 0 Å². The Morgan fingerprint density at radius 3 is 2.74 bits per heavy atom. The van der Waals surface area contributed by atoms with E-state index in [0.717, 1.165) is 40.9 Å². The molecule has 4 nitrogen and oxygen atoms in total. The van der Waals surface area contributed by atoms with Gasteiger partial charge in [0.1, 0.15) is 0 Å². The summed E-state index contributed by atoms with van der Waals surface area (Å²) >= 11 is 6.34. The Labute approximate surface area is 118 Å². The van der Waals surface area contributed by atoms with E-state index in [9.17, 15) is 0 Å². The van der Waals surface area contributed by atoms with Gasteiger partial charge in [-0.25, -0.2) is 0 Å². The number of hydrogen-bond acceptors (Lipinski definition) is 3. The number of nitrogens with one attached hydrogen (secondary N) is 1. The van der Waals surface area contributed by atoms with Gasteiger partial charge in [-0.1, -0.05) is 11.6 Å². The van der Waals surface area contributed by atoms with Gasteiger partial charge < -0.3 is 0 Å². The number of nitrogens with zero attached hydrogens (tertiary/aromatic N) is 2. The van der Waals surface area contributed by atoms with Gasteiger partial charge in [0.05, 0.1) is 23.0 Å². The van der Waals surface area contributed by atoms with Crippen molar-refractivity contribution in [2.45, 2.75) is 38.8 Å². The molecule has 3 aliphatic carbocycles. The van der Waals surface area contributed by atoms with E-state index in [0.29, 0.717) is 5.92 Å². The summed E-state index contributed by atoms with van der Waals surface area (Å²) in [6.07, 6.45) is 6.07. The molecule has 3 saturated carbocycles. The summed E-state index contributed by atoms with van der Waals surface area (Å²) in [4.78, 5) is 0. The Kier molecular flexibility index (Phi) is 2.70. The van der Waals surface area contributed by atoms with Gasteiger partial charge in [0, 0.05) is 6.54 Å². The van der Waals surface area contributed by atoms with Crippen molar-refractivity contribution in [1.29, 1.82) is 0 Å². The minimum Gasteiger partial charge on any atom is -0.271 e. The van der Waals surface area contributed by atoms with Gasteiger partial charge in [-0.2, -0.15) is 5.10 Å². The van der Waals surface area contributed by atoms with E-state index in [4.69, 9.17) is 17.4 Å². The third kappa shape index (κ3) is 1.57. The second-order valence-electron chi connectivity index (χ2n) is 6.40. The van der Waals surface area contributed by atoms with Crippen molar-refractivity contribution in [3.63, 3.8) is 0 Å². The first-order valence-electron chi connectivity index (χ1n) is 7.43. The minimum absolute atomic E-state index is 0.174. The van der Waals surface area contributed by atoms with Crippen molar-refractivity contribution >= 4 is 11.6 Å². The molecular formula is C14H21ClN4. The van der Waals surface area contributed by atoms with Crippen LogP contribution in [0.2, 0.25) is 5.02 Å². The number of fused-ring (bicyclic) bond motifs is 5. The molecule has 0 spiro atoms. The molecule has 0 saturated heterocycles. The molecule has 0 aromatic carbocycles. The van der Waals surface area contributed by atoms with Crippen molar-refractivity contribution in [3.8, 4) is 0 Å². The van der Waals surface area contributed by atoms with Crippen molar-refractivity contribution < 1.29 is 0 Å². The molecule has 1 aromatic rings. The zero-order chi connectivity index (χ0) is 13.1. The van der Waals surface area contributed by atoms with Crippen LogP contribution in [0, 0.1) is 29.6 Å². The molecule has 1 aromatic heterocycles. The maximum atomic E-state index is 6.34. The highest BCUT2D eigenvalue weighted by molar-refractivity contribution is 6.31. The van der Waals surface area contributed by atoms with Crippen molar-refractivity contribution in [1.82, 2.24) is 15.2 Å². The van der Waals surface area contributed by atoms with Gasteiger partial charge in [0.2, 0.25) is 0 Å². The van der Waals surface area contributed by atoms with Crippen LogP contribution < -0.4 is 11.3 Å². The SMILES string of the molecule is CCn1ncc(Cl)c1C(NN)C1C2C3CCC(C3)C21. The minimum atomic E-state index is 0.174. The number of rotatable bonds is 4. The molecule has 0 amide bonds. The van der Waals surface area contributed by atoms with Crippen LogP contribution in [0.25, 0.3) is 0 Å². The van der Waals surface area contributed by atoms with Crippen LogP contribution in [-0.2, 0) is 6.54 Å². The predicted octanol–water partition coefficient (Wildman–Crippen LogP) is 2.35. The molecular weight excluding hydrogens is 260 g/mol. The predicted molar refractivity (Wildman–Crippen MR) is 74.3 cm³/mol. The second-order valence-corrected chi connectivity index (χ2v) is 6.81. The molecule has 104 valence electrons. The summed E-state index contributed by atoms with van der Waals surface area (Å²) in [6, 6.07) is 0.174. The van der Waals surface area contributed by atoms with Crippen molar-refractivity contribution in [2.24, 2.45) is 35.4 Å². The summed E-state index contributed by atoms with van der Waals surface area (Å²) in [6.45, 7) is 2.94. The van der Waals surface area contributed by atoms with Crippen LogP contribution in [-0.4, -0.2) is 9.78 Å². The van der Waals surface area contributed by atoms with Crippen LogP contribution in [0.4, 0.5) is 0 Å². The zero-order valence-corrected chi connectivity index (χ0v) is 12.0. The topological polar surface area (TPSA) is 55.9 Å². The lowest BCUT2D eigenvalue weighted by atomic mass is 9.96. The number of halogens is 1. The number of nitrogens with two attached hydrogens (primary N) is 1. The quantitative estimate of drug-likeness (QED) is 0.658. The largest absolute Gasteiger partial charge is 0.271 e. The Bertz CT molecular complexity index is 484. The van der Waals surface area contributed by atoms with Gasteiger partial charge in [0.25, 0.3) is 0 Å². The van der Waals surface area contributed by atoms with E-state index in [-0.39, 0.29) is 6.04 Å². The maximum absolute atomic E-state index is 6.34. The van der Waals surface area contributed by atoms with E-state index < -0.39 is 0 Å². The summed E-state index contributed by atoms with van der Waals surface area (Å²) in [7, 11) is 0. The van der Waals surface area contributed by atoms with Gasteiger partial charge in [-0.05, 0) is 55.8 Å². The van der Waals surface area contributed by atoms with E-state index in [1.165, 1.54) is 19.3 Å². The Hall–Kier alpha value is -0.580. The average molecular weight is 281 g/mol. The Balaban J connectivity index is 1.64. The van der Waals surface area contributed by atoms with Gasteiger partial charge in [-0.3, -0.25) is 16.0 Å². The van der Waals surface area contributed by atoms with Crippen LogP contribution >= 0.6 is 11.6 Å². The lowest BCUT2D eigenvalue weighted by molar-refractivity contribution is 0.357. The molecule has 1 heterocycles. The molecule has 2 bridgehead atoms. The standard InChI is InChI=1S/C14H21ClN4/c1-2-19-14(9(15)6-17-19)13(18-16)12-10-7-3-4-8(5-7)11(10)12/h6-8,10-13,18H,2-5,16H2,1H3. The smallest absolute Gasteiger partial charge is 0.0834 e. The fourth-order valence-corrected chi connectivity index (χ4v) is 5.40. The average Bonchev–Trinajstić information content (AvgIpc) is 2.77. The van der Waals surface area contributed by atoms with Gasteiger partial charge >= 0.3 is 0 Å². The van der Waals surface area contributed by atoms with E-state index in [2.05, 4.69) is 17.4 Å². The fourth-order valence-electron chi connectivity index (χ4n) is 5.14. The highest BCUT2D eigenvalue weighted by atomic mass is 35.5. The summed E-state index contributed by atoms with van der Waals surface area (Å²) in [5.74, 6) is 10.2. The van der Waals surface area contributed by atoms with Crippen molar-refractivity contribution in [3.05, 3.63) is 16.9 Å². The third-order valence-corrected chi connectivity index (χ3v) is 6.08. The third-order valence-electron chi connectivity index (χ3n) is 5.79. The molecule has 5 heteroatoms. The number of hydrogen-bond donors (Lipinski definition) is 2. The molecule has 0 aliphatic heterocycles. The molecule has 3 aliphatic rings. The molecule has 19 heavy (non-hydrogen) atoms. The number of aromatic nitrogens is 2. The van der Waals surface area contributed by atoms with Crippen LogP contribution in [0.15, 0.2) is 6.20 Å². The summed E-state index contributed by atoms with van der Waals surface area (Å²) in [5.41, 5.74) is 4.12. The van der Waals surface area contributed by atoms with Crippen LogP contribution in [0.1, 0.15) is 37.9 Å². The first-order valence-corrected chi connectivity index (χ1v) is 7.81. The first kappa shape index (κ1) is 12.2. The Morgan fingerprint density at radius 2 is 2.16 bits per heavy atom. The summed E-state index contributed by atoms with van der Waals surface area (Å²) in [5, 5.41) is 5.10. The molecule has 0 radical (unpaired) electrons. The van der Waals surface area contributed by atoms with Crippen LogP contribution in [0.5, 0.6) is 0 Å². The zero-order valence-electron chi connectivity index (χ0n) is 11.2. The second kappa shape index (κ2) is 4.21.